The zero-order valence-corrected chi connectivity index (χ0v) is 17.4. The first-order chi connectivity index (χ1) is 14.1. The van der Waals surface area contributed by atoms with E-state index in [1.54, 1.807) is 14.2 Å². The van der Waals surface area contributed by atoms with Gasteiger partial charge in [-0.25, -0.2) is 4.98 Å². The number of nitrogens with zero attached hydrogens (tertiary/aromatic N) is 4. The van der Waals surface area contributed by atoms with Crippen molar-refractivity contribution in [2.24, 2.45) is 0 Å². The molecule has 0 radical (unpaired) electrons. The maximum atomic E-state index is 13.0. The summed E-state index contributed by atoms with van der Waals surface area (Å²) in [6.45, 7) is 5.28. The van der Waals surface area contributed by atoms with Crippen LogP contribution in [0.3, 0.4) is 0 Å². The summed E-state index contributed by atoms with van der Waals surface area (Å²) in [5, 5.41) is 0. The van der Waals surface area contributed by atoms with E-state index in [1.165, 1.54) is 5.56 Å². The van der Waals surface area contributed by atoms with Crippen molar-refractivity contribution in [2.45, 2.75) is 13.0 Å². The zero-order chi connectivity index (χ0) is 20.4. The van der Waals surface area contributed by atoms with Crippen LogP contribution in [0.25, 0.3) is 0 Å². The van der Waals surface area contributed by atoms with Crippen molar-refractivity contribution in [3.05, 3.63) is 47.3 Å². The van der Waals surface area contributed by atoms with E-state index in [-0.39, 0.29) is 5.91 Å². The predicted octanol–water partition coefficient (Wildman–Crippen LogP) is 2.05. The van der Waals surface area contributed by atoms with Crippen LogP contribution in [-0.2, 0) is 13.0 Å². The lowest BCUT2D eigenvalue weighted by molar-refractivity contribution is 0.0728. The molecule has 1 amide bonds. The Morgan fingerprint density at radius 3 is 2.28 bits per heavy atom. The highest BCUT2D eigenvalue weighted by Gasteiger charge is 2.25. The van der Waals surface area contributed by atoms with E-state index < -0.39 is 0 Å². The molecule has 4 rings (SSSR count). The highest BCUT2D eigenvalue weighted by Crippen LogP contribution is 2.33. The molecule has 0 saturated carbocycles. The zero-order valence-electron chi connectivity index (χ0n) is 17.4. The Bertz CT molecular complexity index is 876. The molecule has 2 aromatic rings. The Morgan fingerprint density at radius 2 is 1.66 bits per heavy atom. The van der Waals surface area contributed by atoms with Gasteiger partial charge in [-0.1, -0.05) is 0 Å². The van der Waals surface area contributed by atoms with Gasteiger partial charge in [0.25, 0.3) is 5.91 Å². The minimum atomic E-state index is -0.0321. The van der Waals surface area contributed by atoms with Crippen LogP contribution in [0, 0.1) is 0 Å². The van der Waals surface area contributed by atoms with Gasteiger partial charge >= 0.3 is 0 Å². The summed E-state index contributed by atoms with van der Waals surface area (Å²) in [6.07, 6.45) is 2.62. The predicted molar refractivity (Wildman–Crippen MR) is 112 cm³/mol. The number of pyridine rings is 1. The molecule has 1 saturated heterocycles. The van der Waals surface area contributed by atoms with E-state index in [9.17, 15) is 4.79 Å². The van der Waals surface area contributed by atoms with E-state index in [0.29, 0.717) is 24.5 Å². The number of ether oxygens (including phenoxy) is 2. The van der Waals surface area contributed by atoms with E-state index >= 15 is 0 Å². The number of methoxy groups -OCH3 is 2. The maximum absolute atomic E-state index is 13.0. The fraction of sp³-hybridized carbons (Fsp3) is 0.455. The number of anilines is 1. The Kier molecular flexibility index (Phi) is 5.58. The van der Waals surface area contributed by atoms with Crippen LogP contribution in [-0.4, -0.2) is 74.7 Å². The number of fused-ring (bicyclic) bond motifs is 1. The summed E-state index contributed by atoms with van der Waals surface area (Å²) in [7, 11) is 5.40. The first-order valence-corrected chi connectivity index (χ1v) is 10.0. The summed E-state index contributed by atoms with van der Waals surface area (Å²) in [4.78, 5) is 24.0. The maximum Gasteiger partial charge on any atom is 0.272 e. The van der Waals surface area contributed by atoms with Crippen molar-refractivity contribution in [2.75, 3.05) is 58.9 Å². The Labute approximate surface area is 171 Å². The molecule has 154 valence electrons. The number of aromatic nitrogens is 1. The quantitative estimate of drug-likeness (QED) is 0.789. The molecule has 1 fully saturated rings. The molecule has 2 aliphatic rings. The lowest BCUT2D eigenvalue weighted by Gasteiger charge is -2.34. The SMILES string of the molecule is COc1cc2c(cc1OC)CN(C(=O)c1ccc(N3CCN(C)CC3)cn1)CC2. The fourth-order valence-electron chi connectivity index (χ4n) is 3.98. The normalized spacial score (nSPS) is 17.1. The second kappa shape index (κ2) is 8.29. The number of carbonyl (C=O) groups is 1. The number of amides is 1. The summed E-state index contributed by atoms with van der Waals surface area (Å²) in [5.41, 5.74) is 3.86. The molecular formula is C22H28N4O3. The molecular weight excluding hydrogens is 368 g/mol. The molecule has 1 aromatic carbocycles. The average Bonchev–Trinajstić information content (AvgIpc) is 2.78. The number of rotatable bonds is 4. The van der Waals surface area contributed by atoms with Gasteiger partial charge in [-0.05, 0) is 48.9 Å². The molecule has 1 aromatic heterocycles. The minimum Gasteiger partial charge on any atom is -0.493 e. The molecule has 29 heavy (non-hydrogen) atoms. The second-order valence-electron chi connectivity index (χ2n) is 7.64. The van der Waals surface area contributed by atoms with Gasteiger partial charge in [-0.3, -0.25) is 4.79 Å². The molecule has 0 bridgehead atoms. The molecule has 7 nitrogen and oxygen atoms in total. The van der Waals surface area contributed by atoms with Gasteiger partial charge in [-0.15, -0.1) is 0 Å². The van der Waals surface area contributed by atoms with Crippen LogP contribution in [0.15, 0.2) is 30.5 Å². The highest BCUT2D eigenvalue weighted by atomic mass is 16.5. The van der Waals surface area contributed by atoms with Crippen molar-refractivity contribution in [1.82, 2.24) is 14.8 Å². The van der Waals surface area contributed by atoms with Crippen LogP contribution in [0.5, 0.6) is 11.5 Å². The fourth-order valence-corrected chi connectivity index (χ4v) is 3.98. The number of piperazine rings is 1. The largest absolute Gasteiger partial charge is 0.493 e. The molecule has 7 heteroatoms. The number of benzene rings is 1. The molecule has 0 aliphatic carbocycles. The molecule has 0 spiro atoms. The van der Waals surface area contributed by atoms with Crippen molar-refractivity contribution >= 4 is 11.6 Å². The van der Waals surface area contributed by atoms with Crippen LogP contribution in [0.2, 0.25) is 0 Å². The summed E-state index contributed by atoms with van der Waals surface area (Å²) in [5.74, 6) is 1.39. The van der Waals surface area contributed by atoms with Crippen LogP contribution < -0.4 is 14.4 Å². The monoisotopic (exact) mass is 396 g/mol. The molecule has 0 N–H and O–H groups in total. The first kappa shape index (κ1) is 19.5. The third-order valence-corrected chi connectivity index (χ3v) is 5.84. The lowest BCUT2D eigenvalue weighted by atomic mass is 9.98. The van der Waals surface area contributed by atoms with Crippen LogP contribution >= 0.6 is 0 Å². The number of hydrogen-bond donors (Lipinski definition) is 0. The van der Waals surface area contributed by atoms with E-state index in [4.69, 9.17) is 9.47 Å². The van der Waals surface area contributed by atoms with Gasteiger partial charge < -0.3 is 24.2 Å². The summed E-state index contributed by atoms with van der Waals surface area (Å²) in [6, 6.07) is 7.84. The molecule has 2 aliphatic heterocycles. The average molecular weight is 396 g/mol. The Hall–Kier alpha value is -2.80. The van der Waals surface area contributed by atoms with Gasteiger partial charge in [0.2, 0.25) is 0 Å². The van der Waals surface area contributed by atoms with E-state index in [1.807, 2.05) is 35.4 Å². The van der Waals surface area contributed by atoms with Crippen LogP contribution in [0.1, 0.15) is 21.6 Å². The lowest BCUT2D eigenvalue weighted by Crippen LogP contribution is -2.44. The smallest absolute Gasteiger partial charge is 0.272 e. The van der Waals surface area contributed by atoms with E-state index in [2.05, 4.69) is 21.8 Å². The summed E-state index contributed by atoms with van der Waals surface area (Å²) < 4.78 is 10.8. The molecule has 3 heterocycles. The van der Waals surface area contributed by atoms with Gasteiger partial charge in [0, 0.05) is 39.3 Å². The summed E-state index contributed by atoms with van der Waals surface area (Å²) >= 11 is 0. The third kappa shape index (κ3) is 4.00. The first-order valence-electron chi connectivity index (χ1n) is 10.0. The number of hydrogen-bond acceptors (Lipinski definition) is 6. The Morgan fingerprint density at radius 1 is 0.966 bits per heavy atom. The van der Waals surface area contributed by atoms with Gasteiger partial charge in [0.15, 0.2) is 11.5 Å². The van der Waals surface area contributed by atoms with Crippen LogP contribution in [0.4, 0.5) is 5.69 Å². The number of likely N-dealkylation sites (N-methyl/N-ethyl adjacent to an activating group) is 1. The van der Waals surface area contributed by atoms with Crippen molar-refractivity contribution < 1.29 is 14.3 Å². The van der Waals surface area contributed by atoms with E-state index in [0.717, 1.165) is 49.6 Å². The van der Waals surface area contributed by atoms with Crippen molar-refractivity contribution in [1.29, 1.82) is 0 Å². The second-order valence-corrected chi connectivity index (χ2v) is 7.64. The topological polar surface area (TPSA) is 58.1 Å². The Balaban J connectivity index is 1.46. The molecule has 0 atom stereocenters. The minimum absolute atomic E-state index is 0.0321. The van der Waals surface area contributed by atoms with Gasteiger partial charge in [0.05, 0.1) is 26.1 Å². The number of carbonyl (C=O) groups excluding carboxylic acids is 1. The molecule has 0 unspecified atom stereocenters. The third-order valence-electron chi connectivity index (χ3n) is 5.84. The standard InChI is InChI=1S/C22H28N4O3/c1-24-8-10-25(11-9-24)18-4-5-19(23-14-18)22(27)26-7-6-16-12-20(28-2)21(29-3)13-17(16)15-26/h4-5,12-14H,6-11,15H2,1-3H3. The van der Waals surface area contributed by atoms with Crippen molar-refractivity contribution in [3.8, 4) is 11.5 Å². The van der Waals surface area contributed by atoms with Crippen molar-refractivity contribution in [3.63, 3.8) is 0 Å². The van der Waals surface area contributed by atoms with Gasteiger partial charge in [-0.2, -0.15) is 0 Å². The highest BCUT2D eigenvalue weighted by molar-refractivity contribution is 5.92. The van der Waals surface area contributed by atoms with Gasteiger partial charge in [0.1, 0.15) is 5.69 Å².